The largest absolute Gasteiger partial charge is 0.397 e. The van der Waals surface area contributed by atoms with Gasteiger partial charge in [0.2, 0.25) is 0 Å². The molecule has 0 saturated heterocycles. The fourth-order valence-corrected chi connectivity index (χ4v) is 8.35. The molecule has 4 aliphatic carbocycles. The van der Waals surface area contributed by atoms with Crippen molar-refractivity contribution in [3.8, 4) is 0 Å². The molecule has 0 aromatic carbocycles. The smallest absolute Gasteiger partial charge is 0.117 e. The molecule has 0 aliphatic heterocycles. The summed E-state index contributed by atoms with van der Waals surface area (Å²) in [6.07, 6.45) is 12.5. The Morgan fingerprint density at radius 1 is 1.10 bits per heavy atom. The molecule has 0 heterocycles. The van der Waals surface area contributed by atoms with Gasteiger partial charge >= 0.3 is 0 Å². The zero-order valence-corrected chi connectivity index (χ0v) is 19.9. The monoisotopic (exact) mass is 422 g/mol. The van der Waals surface area contributed by atoms with Crippen LogP contribution in [0, 0.1) is 34.5 Å². The van der Waals surface area contributed by atoms with Crippen LogP contribution >= 0.6 is 0 Å². The van der Waals surface area contributed by atoms with E-state index in [4.69, 9.17) is 15.7 Å². The number of hydrogen-bond acceptors (Lipinski definition) is 3. The van der Waals surface area contributed by atoms with E-state index >= 15 is 0 Å². The first kappa shape index (κ1) is 23.6. The number of fused-ring (bicyclic) bond motifs is 5. The first-order valence-electron chi connectivity index (χ1n) is 12.4. The van der Waals surface area contributed by atoms with Gasteiger partial charge in [-0.3, -0.25) is 0 Å². The summed E-state index contributed by atoms with van der Waals surface area (Å²) in [5.41, 5.74) is -0.920. The molecule has 5 heteroatoms. The van der Waals surface area contributed by atoms with Crippen molar-refractivity contribution in [2.45, 2.75) is 103 Å². The summed E-state index contributed by atoms with van der Waals surface area (Å²) in [4.78, 5) is 0. The normalized spacial score (nSPS) is 51.3. The van der Waals surface area contributed by atoms with Crippen LogP contribution in [0.2, 0.25) is 0 Å². The zero-order chi connectivity index (χ0) is 22.8. The number of hydrogen-bond donors (Lipinski definition) is 3. The molecule has 0 bridgehead atoms. The highest BCUT2D eigenvalue weighted by Crippen LogP contribution is 2.67. The maximum absolute atomic E-state index is 11.0. The lowest BCUT2D eigenvalue weighted by atomic mass is 9.38. The summed E-state index contributed by atoms with van der Waals surface area (Å²) in [7, 11) is 12.3. The second-order valence-corrected chi connectivity index (χ2v) is 12.1. The van der Waals surface area contributed by atoms with Crippen molar-refractivity contribution in [1.82, 2.24) is 0 Å². The molecule has 0 amide bonds. The van der Waals surface area contributed by atoms with Crippen molar-refractivity contribution in [3.63, 3.8) is 0 Å². The summed E-state index contributed by atoms with van der Waals surface area (Å²) in [5, 5.41) is 32.3. The highest BCUT2D eigenvalue weighted by Gasteiger charge is 2.65. The van der Waals surface area contributed by atoms with Crippen molar-refractivity contribution >= 4 is 15.7 Å². The molecule has 9 unspecified atom stereocenters. The minimum atomic E-state index is -1.89. The van der Waals surface area contributed by atoms with Crippen LogP contribution in [0.1, 0.15) is 85.5 Å². The lowest BCUT2D eigenvalue weighted by molar-refractivity contribution is -0.209. The molecule has 3 nitrogen and oxygen atoms in total. The summed E-state index contributed by atoms with van der Waals surface area (Å²) >= 11 is 0. The van der Waals surface area contributed by atoms with E-state index in [0.29, 0.717) is 17.8 Å². The number of rotatable bonds is 4. The highest BCUT2D eigenvalue weighted by atomic mass is 16.4. The summed E-state index contributed by atoms with van der Waals surface area (Å²) in [6, 6.07) is 0. The fraction of sp³-hybridized carbons (Fsp3) is 0.846. The zero-order valence-electron chi connectivity index (χ0n) is 19.9. The molecule has 0 aromatic rings. The number of allylic oxidation sites excluding steroid dienone is 4. The van der Waals surface area contributed by atoms with Crippen LogP contribution in [0.3, 0.4) is 0 Å². The molecule has 31 heavy (non-hydrogen) atoms. The van der Waals surface area contributed by atoms with Crippen LogP contribution in [0.15, 0.2) is 23.3 Å². The second-order valence-electron chi connectivity index (χ2n) is 12.1. The third-order valence-electron chi connectivity index (χ3n) is 9.93. The molecule has 4 rings (SSSR count). The summed E-state index contributed by atoms with van der Waals surface area (Å²) in [6.45, 7) is 8.98. The standard InChI is InChI=1S/C26H40B2O3/c1-16(2)7-5-6-8-17-9-11-19-18-10-12-21-24(4,20(18)13-14-23(17,19)3)15-25(27,30)22(29)26(21,28)31/h7,10,17,19-22,29-31H,5-6,8-9,11-15H2,1-4H3. The van der Waals surface area contributed by atoms with Crippen LogP contribution in [0.25, 0.3) is 0 Å². The van der Waals surface area contributed by atoms with Gasteiger partial charge in [0, 0.05) is 0 Å². The van der Waals surface area contributed by atoms with Crippen LogP contribution in [-0.2, 0) is 0 Å². The maximum Gasteiger partial charge on any atom is 0.117 e. The average Bonchev–Trinajstić information content (AvgIpc) is 2.99. The Hall–Kier alpha value is -0.510. The van der Waals surface area contributed by atoms with E-state index < -0.39 is 22.5 Å². The van der Waals surface area contributed by atoms with E-state index in [2.05, 4.69) is 39.8 Å². The maximum atomic E-state index is 11.0. The topological polar surface area (TPSA) is 60.7 Å². The Morgan fingerprint density at radius 2 is 1.77 bits per heavy atom. The van der Waals surface area contributed by atoms with Crippen LogP contribution in [0.5, 0.6) is 0 Å². The molecule has 4 radical (unpaired) electrons. The second kappa shape index (κ2) is 7.77. The van der Waals surface area contributed by atoms with Gasteiger partial charge in [-0.1, -0.05) is 37.1 Å². The Balaban J connectivity index is 1.58. The van der Waals surface area contributed by atoms with Crippen molar-refractivity contribution < 1.29 is 15.3 Å². The van der Waals surface area contributed by atoms with Gasteiger partial charge in [-0.05, 0) is 106 Å². The summed E-state index contributed by atoms with van der Waals surface area (Å²) in [5.74, 6) is 1.28. The van der Waals surface area contributed by atoms with Gasteiger partial charge in [0.25, 0.3) is 0 Å². The molecule has 9 atom stereocenters. The number of unbranched alkanes of at least 4 members (excludes halogenated alkanes) is 1. The number of aliphatic hydroxyl groups excluding tert-OH is 1. The van der Waals surface area contributed by atoms with Crippen molar-refractivity contribution in [2.75, 3.05) is 0 Å². The minimum absolute atomic E-state index is 0.256. The molecule has 0 aromatic heterocycles. The molecular formula is C26H40B2O3. The van der Waals surface area contributed by atoms with Crippen molar-refractivity contribution in [1.29, 1.82) is 0 Å². The van der Waals surface area contributed by atoms with Gasteiger partial charge in [-0.25, -0.2) is 0 Å². The Kier molecular flexibility index (Phi) is 5.93. The average molecular weight is 422 g/mol. The van der Waals surface area contributed by atoms with Crippen molar-refractivity contribution in [2.24, 2.45) is 34.5 Å². The van der Waals surface area contributed by atoms with Gasteiger partial charge in [0.1, 0.15) is 15.7 Å². The molecule has 3 N–H and O–H groups in total. The third-order valence-corrected chi connectivity index (χ3v) is 9.93. The minimum Gasteiger partial charge on any atom is -0.397 e. The van der Waals surface area contributed by atoms with E-state index in [1.807, 2.05) is 0 Å². The van der Waals surface area contributed by atoms with E-state index in [0.717, 1.165) is 12.3 Å². The van der Waals surface area contributed by atoms with Crippen LogP contribution < -0.4 is 0 Å². The van der Waals surface area contributed by atoms with Crippen LogP contribution in [-0.4, -0.2) is 48.1 Å². The van der Waals surface area contributed by atoms with Gasteiger partial charge in [-0.2, -0.15) is 0 Å². The molecule has 168 valence electrons. The molecular weight excluding hydrogens is 382 g/mol. The Morgan fingerprint density at radius 3 is 2.45 bits per heavy atom. The van der Waals surface area contributed by atoms with Gasteiger partial charge in [0.15, 0.2) is 0 Å². The highest BCUT2D eigenvalue weighted by molar-refractivity contribution is 6.19. The molecule has 3 fully saturated rings. The van der Waals surface area contributed by atoms with E-state index in [1.54, 1.807) is 0 Å². The summed E-state index contributed by atoms with van der Waals surface area (Å²) < 4.78 is 0. The molecule has 4 aliphatic rings. The lowest BCUT2D eigenvalue weighted by Gasteiger charge is -2.64. The predicted octanol–water partition coefficient (Wildman–Crippen LogP) is 4.00. The van der Waals surface area contributed by atoms with E-state index in [-0.39, 0.29) is 18.3 Å². The van der Waals surface area contributed by atoms with Gasteiger partial charge < -0.3 is 15.3 Å². The molecule has 0 spiro atoms. The van der Waals surface area contributed by atoms with Gasteiger partial charge in [0.05, 0.1) is 17.1 Å². The first-order chi connectivity index (χ1) is 14.3. The first-order valence-corrected chi connectivity index (χ1v) is 12.4. The fourth-order valence-electron chi connectivity index (χ4n) is 8.35. The quantitative estimate of drug-likeness (QED) is 0.365. The van der Waals surface area contributed by atoms with Crippen molar-refractivity contribution in [3.05, 3.63) is 23.3 Å². The van der Waals surface area contributed by atoms with E-state index in [9.17, 15) is 15.3 Å². The third kappa shape index (κ3) is 3.62. The van der Waals surface area contributed by atoms with Crippen LogP contribution in [0.4, 0.5) is 0 Å². The Bertz CT molecular complexity index is 769. The van der Waals surface area contributed by atoms with E-state index in [1.165, 1.54) is 49.7 Å². The lowest BCUT2D eigenvalue weighted by Crippen LogP contribution is -2.71. The predicted molar refractivity (Wildman–Crippen MR) is 127 cm³/mol. The number of aliphatic hydroxyl groups is 3. The van der Waals surface area contributed by atoms with Gasteiger partial charge in [-0.15, -0.1) is 0 Å². The molecule has 3 saturated carbocycles. The SMILES string of the molecule is [B]C1(O)CC2(C)C3CCC4(C)C(CCCC=C(C)C)CCC4C3=CCC2C([B])(O)C1O. The Labute approximate surface area is 191 Å².